The molecule has 0 aromatic rings. The minimum Gasteiger partial charge on any atom is -0.481 e. The average Bonchev–Trinajstić information content (AvgIpc) is 1.97. The van der Waals surface area contributed by atoms with Crippen LogP contribution in [-0.4, -0.2) is 47.5 Å². The minimum absolute atomic E-state index is 0.180. The predicted molar refractivity (Wildman–Crippen MR) is 45.3 cm³/mol. The van der Waals surface area contributed by atoms with Gasteiger partial charge in [-0.15, -0.1) is 0 Å². The van der Waals surface area contributed by atoms with E-state index in [4.69, 9.17) is 10.8 Å². The molecule has 1 aliphatic rings. The first-order valence-corrected chi connectivity index (χ1v) is 4.04. The number of carbonyl (C=O) groups excluding carboxylic acids is 2. The first-order valence-electron chi connectivity index (χ1n) is 4.04. The van der Waals surface area contributed by atoms with Crippen LogP contribution < -0.4 is 11.1 Å². The van der Waals surface area contributed by atoms with Crippen LogP contribution in [0.3, 0.4) is 0 Å². The molecule has 14 heavy (non-hydrogen) atoms. The number of carbonyl (C=O) groups is 3. The van der Waals surface area contributed by atoms with Crippen molar-refractivity contribution >= 4 is 17.9 Å². The lowest BCUT2D eigenvalue weighted by Crippen LogP contribution is -2.56. The second kappa shape index (κ2) is 3.95. The number of nitrogens with one attached hydrogen (secondary N) is 1. The largest absolute Gasteiger partial charge is 0.481 e. The number of primary amides is 1. The van der Waals surface area contributed by atoms with Crippen molar-refractivity contribution in [3.8, 4) is 0 Å². The van der Waals surface area contributed by atoms with Crippen LogP contribution in [0.4, 0.5) is 4.79 Å². The van der Waals surface area contributed by atoms with Gasteiger partial charge in [-0.25, -0.2) is 4.79 Å². The maximum absolute atomic E-state index is 11.1. The van der Waals surface area contributed by atoms with Gasteiger partial charge in [0.1, 0.15) is 0 Å². The molecular weight excluding hydrogens is 190 g/mol. The van der Waals surface area contributed by atoms with Crippen LogP contribution >= 0.6 is 0 Å². The highest BCUT2D eigenvalue weighted by Gasteiger charge is 2.35. The molecule has 7 nitrogen and oxygen atoms in total. The zero-order valence-corrected chi connectivity index (χ0v) is 7.40. The van der Waals surface area contributed by atoms with E-state index in [0.29, 0.717) is 0 Å². The van der Waals surface area contributed by atoms with Crippen LogP contribution in [0, 0.1) is 5.92 Å². The zero-order valence-electron chi connectivity index (χ0n) is 7.40. The molecule has 0 saturated carbocycles. The van der Waals surface area contributed by atoms with Crippen molar-refractivity contribution in [1.29, 1.82) is 0 Å². The third kappa shape index (κ3) is 2.35. The van der Waals surface area contributed by atoms with Gasteiger partial charge >= 0.3 is 12.0 Å². The summed E-state index contributed by atoms with van der Waals surface area (Å²) in [6.45, 7) is 0.132. The van der Waals surface area contributed by atoms with Gasteiger partial charge in [0.05, 0.1) is 12.5 Å². The van der Waals surface area contributed by atoms with Crippen molar-refractivity contribution in [3.63, 3.8) is 0 Å². The Bertz CT molecular complexity index is 272. The molecule has 1 rings (SSSR count). The minimum atomic E-state index is -0.913. The maximum Gasteiger partial charge on any atom is 0.317 e. The summed E-state index contributed by atoms with van der Waals surface area (Å²) in [4.78, 5) is 33.1. The Balaban J connectivity index is 2.23. The van der Waals surface area contributed by atoms with Gasteiger partial charge in [0.25, 0.3) is 0 Å². The number of nitrogens with two attached hydrogens (primary N) is 1. The molecule has 0 aromatic heterocycles. The standard InChI is InChI=1S/C7H11N3O4/c8-5(11)1-9-7(14)10-2-4(3-10)6(12)13/h4H,1-3H2,(H2,8,11)(H,9,14)(H,12,13). The van der Waals surface area contributed by atoms with Crippen LogP contribution in [0.5, 0.6) is 0 Å². The van der Waals surface area contributed by atoms with Crippen LogP contribution in [0.25, 0.3) is 0 Å². The number of rotatable bonds is 3. The number of carboxylic acid groups (broad SMARTS) is 1. The highest BCUT2D eigenvalue weighted by atomic mass is 16.4. The van der Waals surface area contributed by atoms with Crippen molar-refractivity contribution in [3.05, 3.63) is 0 Å². The number of hydrogen-bond acceptors (Lipinski definition) is 3. The van der Waals surface area contributed by atoms with Crippen molar-refractivity contribution < 1.29 is 19.5 Å². The summed E-state index contributed by atoms with van der Waals surface area (Å²) < 4.78 is 0. The monoisotopic (exact) mass is 201 g/mol. The molecule has 1 saturated heterocycles. The van der Waals surface area contributed by atoms with E-state index < -0.39 is 23.8 Å². The molecule has 0 radical (unpaired) electrons. The molecule has 3 amide bonds. The summed E-state index contributed by atoms with van der Waals surface area (Å²) in [7, 11) is 0. The number of nitrogens with zero attached hydrogens (tertiary/aromatic N) is 1. The average molecular weight is 201 g/mol. The van der Waals surface area contributed by atoms with Gasteiger partial charge in [-0.05, 0) is 0 Å². The van der Waals surface area contributed by atoms with Gasteiger partial charge in [0.2, 0.25) is 5.91 Å². The van der Waals surface area contributed by atoms with Gasteiger partial charge in [-0.3, -0.25) is 9.59 Å². The van der Waals surface area contributed by atoms with E-state index in [9.17, 15) is 14.4 Å². The number of carboxylic acids is 1. The molecule has 0 spiro atoms. The Kier molecular flexibility index (Phi) is 2.90. The molecule has 4 N–H and O–H groups in total. The Morgan fingerprint density at radius 1 is 1.43 bits per heavy atom. The third-order valence-corrected chi connectivity index (χ3v) is 1.93. The highest BCUT2D eigenvalue weighted by molar-refractivity contribution is 5.84. The first-order chi connectivity index (χ1) is 6.50. The number of amides is 3. The zero-order chi connectivity index (χ0) is 10.7. The van der Waals surface area contributed by atoms with E-state index in [1.165, 1.54) is 4.90 Å². The number of hydrogen-bond donors (Lipinski definition) is 3. The van der Waals surface area contributed by atoms with Gasteiger partial charge in [0.15, 0.2) is 0 Å². The SMILES string of the molecule is NC(=O)CNC(=O)N1CC(C(=O)O)C1. The van der Waals surface area contributed by atoms with E-state index >= 15 is 0 Å². The quantitative estimate of drug-likeness (QED) is 0.499. The normalized spacial score (nSPS) is 15.9. The second-order valence-electron chi connectivity index (χ2n) is 3.07. The van der Waals surface area contributed by atoms with Crippen LogP contribution in [0.15, 0.2) is 0 Å². The third-order valence-electron chi connectivity index (χ3n) is 1.93. The van der Waals surface area contributed by atoms with Crippen molar-refractivity contribution in [2.45, 2.75) is 0 Å². The molecule has 0 unspecified atom stereocenters. The molecule has 1 aliphatic heterocycles. The number of aliphatic carboxylic acids is 1. The van der Waals surface area contributed by atoms with E-state index in [1.54, 1.807) is 0 Å². The number of likely N-dealkylation sites (tertiary alicyclic amines) is 1. The van der Waals surface area contributed by atoms with Gasteiger partial charge in [-0.2, -0.15) is 0 Å². The van der Waals surface area contributed by atoms with E-state index in [-0.39, 0.29) is 19.6 Å². The van der Waals surface area contributed by atoms with E-state index in [1.807, 2.05) is 0 Å². The van der Waals surface area contributed by atoms with Gasteiger partial charge in [0, 0.05) is 13.1 Å². The molecule has 78 valence electrons. The second-order valence-corrected chi connectivity index (χ2v) is 3.07. The van der Waals surface area contributed by atoms with Crippen molar-refractivity contribution in [2.24, 2.45) is 11.7 Å². The molecule has 1 heterocycles. The van der Waals surface area contributed by atoms with Crippen molar-refractivity contribution in [1.82, 2.24) is 10.2 Å². The summed E-state index contributed by atoms with van der Waals surface area (Å²) in [5, 5.41) is 10.8. The summed E-state index contributed by atoms with van der Waals surface area (Å²) in [5.74, 6) is -2.04. The van der Waals surface area contributed by atoms with Crippen molar-refractivity contribution in [2.75, 3.05) is 19.6 Å². The Labute approximate surface area is 79.9 Å². The Hall–Kier alpha value is -1.79. The fourth-order valence-electron chi connectivity index (χ4n) is 1.08. The molecule has 0 atom stereocenters. The smallest absolute Gasteiger partial charge is 0.317 e. The van der Waals surface area contributed by atoms with Crippen LogP contribution in [-0.2, 0) is 9.59 Å². The lowest BCUT2D eigenvalue weighted by atomic mass is 10.0. The first kappa shape index (κ1) is 10.3. The fraction of sp³-hybridized carbons (Fsp3) is 0.571. The Morgan fingerprint density at radius 2 is 2.00 bits per heavy atom. The number of urea groups is 1. The van der Waals surface area contributed by atoms with E-state index in [2.05, 4.69) is 5.32 Å². The molecule has 0 aliphatic carbocycles. The predicted octanol–water partition coefficient (Wildman–Crippen LogP) is -1.80. The summed E-state index contributed by atoms with van der Waals surface area (Å²) in [6.07, 6.45) is 0. The summed E-state index contributed by atoms with van der Waals surface area (Å²) >= 11 is 0. The lowest BCUT2D eigenvalue weighted by Gasteiger charge is -2.36. The molecule has 1 fully saturated rings. The molecular formula is C7H11N3O4. The fourth-order valence-corrected chi connectivity index (χ4v) is 1.08. The summed E-state index contributed by atoms with van der Waals surface area (Å²) in [5.41, 5.74) is 4.81. The summed E-state index contributed by atoms with van der Waals surface area (Å²) in [6, 6.07) is -0.457. The topological polar surface area (TPSA) is 113 Å². The van der Waals surface area contributed by atoms with Crippen LogP contribution in [0.2, 0.25) is 0 Å². The van der Waals surface area contributed by atoms with E-state index in [0.717, 1.165) is 0 Å². The molecule has 7 heteroatoms. The van der Waals surface area contributed by atoms with Gasteiger partial charge in [-0.1, -0.05) is 0 Å². The lowest BCUT2D eigenvalue weighted by molar-refractivity contribution is -0.146. The highest BCUT2D eigenvalue weighted by Crippen LogP contribution is 2.14. The van der Waals surface area contributed by atoms with Crippen LogP contribution in [0.1, 0.15) is 0 Å². The Morgan fingerprint density at radius 3 is 2.43 bits per heavy atom. The van der Waals surface area contributed by atoms with Gasteiger partial charge < -0.3 is 21.1 Å². The molecule has 0 bridgehead atoms. The maximum atomic E-state index is 11.1. The molecule has 0 aromatic carbocycles.